The van der Waals surface area contributed by atoms with Gasteiger partial charge in [0.05, 0.1) is 42.5 Å². The fourth-order valence-corrected chi connectivity index (χ4v) is 4.29. The molecular formula is C23H25FIN5O3. The molecule has 4 rings (SSSR count). The summed E-state index contributed by atoms with van der Waals surface area (Å²) < 4.78 is 28.7. The summed E-state index contributed by atoms with van der Waals surface area (Å²) in [6.45, 7) is 3.27. The molecule has 10 heteroatoms. The number of rotatable bonds is 9. The number of benzene rings is 1. The standard InChI is InChI=1S/C23H25FIN5O3/c1-13-11-17-19(23(31)28-13)21(29-16-6-3-5-15(24)22(16)32-2)20(30-17)14-7-9-26-12-18(14)33-10-4-8-27-25/h3,5-7,9,12-13,27,29-30H,4,8,10-11H2,1-2H3,(H,28,31)/t13-/m0/s1. The molecule has 8 nitrogen and oxygen atoms in total. The summed E-state index contributed by atoms with van der Waals surface area (Å²) in [5.74, 6) is -0.0372. The number of aromatic amines is 1. The Hall–Kier alpha value is -2.86. The predicted octanol–water partition coefficient (Wildman–Crippen LogP) is 4.35. The minimum atomic E-state index is -0.497. The molecule has 0 fully saturated rings. The van der Waals surface area contributed by atoms with Crippen LogP contribution in [0.2, 0.25) is 0 Å². The van der Waals surface area contributed by atoms with Crippen molar-refractivity contribution >= 4 is 40.1 Å². The minimum absolute atomic E-state index is 0.0120. The third kappa shape index (κ3) is 4.91. The number of para-hydroxylation sites is 1. The third-order valence-corrected chi connectivity index (χ3v) is 5.89. The number of carbonyl (C=O) groups excluding carboxylic acids is 1. The summed E-state index contributed by atoms with van der Waals surface area (Å²) in [6, 6.07) is 6.43. The van der Waals surface area contributed by atoms with Gasteiger partial charge in [-0.05, 0) is 31.5 Å². The Morgan fingerprint density at radius 3 is 2.97 bits per heavy atom. The summed E-state index contributed by atoms with van der Waals surface area (Å²) in [4.78, 5) is 20.6. The topological polar surface area (TPSA) is 100 Å². The molecule has 3 heterocycles. The molecule has 0 unspecified atom stereocenters. The Balaban J connectivity index is 1.81. The van der Waals surface area contributed by atoms with Crippen LogP contribution in [0.25, 0.3) is 11.3 Å². The van der Waals surface area contributed by atoms with Gasteiger partial charge in [-0.15, -0.1) is 0 Å². The molecule has 174 valence electrons. The Kier molecular flexibility index (Phi) is 7.33. The number of nitrogens with zero attached hydrogens (tertiary/aromatic N) is 1. The van der Waals surface area contributed by atoms with Crippen LogP contribution in [-0.2, 0) is 6.42 Å². The van der Waals surface area contributed by atoms with Crippen molar-refractivity contribution in [3.63, 3.8) is 0 Å². The van der Waals surface area contributed by atoms with Gasteiger partial charge in [-0.1, -0.05) is 6.07 Å². The quantitative estimate of drug-likeness (QED) is 0.175. The summed E-state index contributed by atoms with van der Waals surface area (Å²) in [6.07, 6.45) is 4.79. The molecule has 0 radical (unpaired) electrons. The number of methoxy groups -OCH3 is 1. The van der Waals surface area contributed by atoms with Gasteiger partial charge in [-0.2, -0.15) is 0 Å². The van der Waals surface area contributed by atoms with Gasteiger partial charge < -0.3 is 25.1 Å². The van der Waals surface area contributed by atoms with Crippen molar-refractivity contribution in [1.29, 1.82) is 0 Å². The van der Waals surface area contributed by atoms with E-state index in [4.69, 9.17) is 9.47 Å². The van der Waals surface area contributed by atoms with Crippen LogP contribution in [0.5, 0.6) is 11.5 Å². The number of fused-ring (bicyclic) bond motifs is 1. The number of halogens is 2. The van der Waals surface area contributed by atoms with E-state index >= 15 is 0 Å². The number of hydrogen-bond acceptors (Lipinski definition) is 6. The van der Waals surface area contributed by atoms with E-state index in [-0.39, 0.29) is 17.7 Å². The monoisotopic (exact) mass is 565 g/mol. The number of amides is 1. The lowest BCUT2D eigenvalue weighted by Crippen LogP contribution is -2.39. The van der Waals surface area contributed by atoms with Crippen LogP contribution in [0, 0.1) is 5.82 Å². The zero-order valence-electron chi connectivity index (χ0n) is 18.3. The number of carbonyl (C=O) groups is 1. The molecule has 4 N–H and O–H groups in total. The first-order chi connectivity index (χ1) is 16.0. The number of aromatic nitrogens is 2. The second-order valence-electron chi connectivity index (χ2n) is 7.71. The molecule has 1 atom stereocenters. The summed E-state index contributed by atoms with van der Waals surface area (Å²) in [5, 5.41) is 6.22. The molecule has 0 spiro atoms. The number of hydrogen-bond donors (Lipinski definition) is 4. The van der Waals surface area contributed by atoms with Crippen molar-refractivity contribution in [2.24, 2.45) is 0 Å². The number of nitrogens with one attached hydrogen (secondary N) is 4. The fourth-order valence-electron chi connectivity index (χ4n) is 3.91. The fraction of sp³-hybridized carbons (Fsp3) is 0.304. The van der Waals surface area contributed by atoms with Crippen LogP contribution < -0.4 is 23.6 Å². The molecule has 1 aliphatic rings. The highest BCUT2D eigenvalue weighted by atomic mass is 127. The van der Waals surface area contributed by atoms with Crippen LogP contribution in [0.15, 0.2) is 36.7 Å². The Bertz CT molecular complexity index is 1150. The zero-order chi connectivity index (χ0) is 23.4. The number of anilines is 2. The zero-order valence-corrected chi connectivity index (χ0v) is 20.5. The Morgan fingerprint density at radius 1 is 1.33 bits per heavy atom. The highest BCUT2D eigenvalue weighted by molar-refractivity contribution is 14.1. The van der Waals surface area contributed by atoms with Crippen molar-refractivity contribution in [2.45, 2.75) is 25.8 Å². The summed E-state index contributed by atoms with van der Waals surface area (Å²) in [7, 11) is 1.41. The molecule has 2 aromatic heterocycles. The lowest BCUT2D eigenvalue weighted by Gasteiger charge is -2.21. The van der Waals surface area contributed by atoms with E-state index in [1.165, 1.54) is 13.2 Å². The van der Waals surface area contributed by atoms with Crippen molar-refractivity contribution in [3.8, 4) is 22.8 Å². The van der Waals surface area contributed by atoms with Crippen LogP contribution in [-0.4, -0.2) is 42.2 Å². The summed E-state index contributed by atoms with van der Waals surface area (Å²) >= 11 is 2.10. The van der Waals surface area contributed by atoms with E-state index in [9.17, 15) is 9.18 Å². The molecule has 0 aliphatic carbocycles. The van der Waals surface area contributed by atoms with Crippen LogP contribution in [0.3, 0.4) is 0 Å². The maximum absolute atomic E-state index is 14.3. The molecule has 0 bridgehead atoms. The van der Waals surface area contributed by atoms with Gasteiger partial charge in [-0.25, -0.2) is 4.39 Å². The number of pyridine rings is 1. The smallest absolute Gasteiger partial charge is 0.255 e. The molecule has 0 saturated heterocycles. The second kappa shape index (κ2) is 10.4. The first-order valence-corrected chi connectivity index (χ1v) is 11.7. The number of ether oxygens (including phenoxy) is 2. The van der Waals surface area contributed by atoms with E-state index in [1.54, 1.807) is 24.5 Å². The largest absolute Gasteiger partial charge is 0.492 e. The number of H-pyrrole nitrogens is 1. The van der Waals surface area contributed by atoms with Crippen molar-refractivity contribution in [3.05, 3.63) is 53.7 Å². The van der Waals surface area contributed by atoms with Gasteiger partial charge in [0.1, 0.15) is 5.75 Å². The Morgan fingerprint density at radius 2 is 2.18 bits per heavy atom. The molecular weight excluding hydrogens is 540 g/mol. The minimum Gasteiger partial charge on any atom is -0.492 e. The first-order valence-electron chi connectivity index (χ1n) is 10.6. The predicted molar refractivity (Wildman–Crippen MR) is 133 cm³/mol. The molecule has 1 aromatic carbocycles. The van der Waals surface area contributed by atoms with Gasteiger partial charge >= 0.3 is 0 Å². The average molecular weight is 565 g/mol. The van der Waals surface area contributed by atoms with E-state index in [0.717, 1.165) is 24.2 Å². The Labute approximate surface area is 205 Å². The lowest BCUT2D eigenvalue weighted by molar-refractivity contribution is 0.0930. The molecule has 33 heavy (non-hydrogen) atoms. The maximum atomic E-state index is 14.3. The third-order valence-electron chi connectivity index (χ3n) is 5.35. The normalized spacial score (nSPS) is 15.0. The first kappa shape index (κ1) is 23.3. The highest BCUT2D eigenvalue weighted by Crippen LogP contribution is 2.42. The van der Waals surface area contributed by atoms with E-state index < -0.39 is 5.82 Å². The summed E-state index contributed by atoms with van der Waals surface area (Å²) in [5.41, 5.74) is 3.65. The maximum Gasteiger partial charge on any atom is 0.255 e. The van der Waals surface area contributed by atoms with Gasteiger partial charge in [0, 0.05) is 59.3 Å². The lowest BCUT2D eigenvalue weighted by atomic mass is 10.0. The van der Waals surface area contributed by atoms with Crippen LogP contribution >= 0.6 is 22.9 Å². The van der Waals surface area contributed by atoms with Gasteiger partial charge in [-0.3, -0.25) is 13.3 Å². The average Bonchev–Trinajstić information content (AvgIpc) is 3.15. The van der Waals surface area contributed by atoms with Gasteiger partial charge in [0.25, 0.3) is 5.91 Å². The molecule has 3 aromatic rings. The molecule has 1 amide bonds. The van der Waals surface area contributed by atoms with Gasteiger partial charge in [0.2, 0.25) is 0 Å². The van der Waals surface area contributed by atoms with E-state index in [1.807, 2.05) is 13.0 Å². The van der Waals surface area contributed by atoms with Crippen molar-refractivity contribution in [1.82, 2.24) is 18.8 Å². The van der Waals surface area contributed by atoms with E-state index in [0.29, 0.717) is 41.4 Å². The van der Waals surface area contributed by atoms with Crippen LogP contribution in [0.4, 0.5) is 15.8 Å². The SMILES string of the molecule is COc1c(F)cccc1Nc1c(-c2ccncc2OCCCNI)[nH]c2c1C(=O)N[C@@H](C)C2. The molecule has 1 aliphatic heterocycles. The highest BCUT2D eigenvalue weighted by Gasteiger charge is 2.31. The van der Waals surface area contributed by atoms with Crippen molar-refractivity contribution < 1.29 is 18.7 Å². The second-order valence-corrected chi connectivity index (χ2v) is 8.47. The van der Waals surface area contributed by atoms with Crippen molar-refractivity contribution in [2.75, 3.05) is 25.6 Å². The van der Waals surface area contributed by atoms with Gasteiger partial charge in [0.15, 0.2) is 11.6 Å². The molecule has 0 saturated carbocycles. The van der Waals surface area contributed by atoms with E-state index in [2.05, 4.69) is 47.0 Å². The van der Waals surface area contributed by atoms with Crippen LogP contribution in [0.1, 0.15) is 29.4 Å².